The summed E-state index contributed by atoms with van der Waals surface area (Å²) in [6, 6.07) is 2.35. The summed E-state index contributed by atoms with van der Waals surface area (Å²) in [6.07, 6.45) is 1.04. The maximum Gasteiger partial charge on any atom is 0.202 e. The molecule has 0 bridgehead atoms. The van der Waals surface area contributed by atoms with E-state index in [1.54, 1.807) is 6.07 Å². The van der Waals surface area contributed by atoms with Crippen LogP contribution in [0.5, 0.6) is 0 Å². The van der Waals surface area contributed by atoms with Crippen LogP contribution in [0, 0.1) is 17.3 Å². The quantitative estimate of drug-likeness (QED) is 0.527. The predicted octanol–water partition coefficient (Wildman–Crippen LogP) is 0.386. The molecule has 1 rings (SSSR count). The van der Waals surface area contributed by atoms with Crippen LogP contribution in [-0.4, -0.2) is 4.98 Å². The molecule has 1 N–H and O–H groups in total. The number of halogens is 1. The molecule has 1 aromatic heterocycles. The highest BCUT2D eigenvalue weighted by Gasteiger charge is 1.96. The Morgan fingerprint density at radius 2 is 2.40 bits per heavy atom. The largest absolute Gasteiger partial charge is 0.337 e. The normalized spacial score (nSPS) is 8.80. The fraction of sp³-hybridized carbons (Fsp3) is 0. The number of pyridine rings is 1. The third-order valence-electron chi connectivity index (χ3n) is 0.998. The Morgan fingerprint density at radius 1 is 1.70 bits per heavy atom. The maximum atomic E-state index is 12.1. The van der Waals surface area contributed by atoms with Crippen molar-refractivity contribution in [3.8, 4) is 6.07 Å². The monoisotopic (exact) mass is 138 g/mol. The molecule has 10 heavy (non-hydrogen) atoms. The number of nitrogens with zero attached hydrogens (tertiary/aromatic N) is 1. The second kappa shape index (κ2) is 2.31. The zero-order valence-corrected chi connectivity index (χ0v) is 4.89. The molecule has 0 aliphatic rings. The number of hydrogen-bond acceptors (Lipinski definition) is 2. The molecule has 0 fully saturated rings. The molecule has 0 aliphatic carbocycles. The van der Waals surface area contributed by atoms with Crippen LogP contribution in [0.25, 0.3) is 0 Å². The van der Waals surface area contributed by atoms with Crippen LogP contribution in [-0.2, 0) is 0 Å². The lowest BCUT2D eigenvalue weighted by Gasteiger charge is -1.86. The van der Waals surface area contributed by atoms with Crippen molar-refractivity contribution in [3.63, 3.8) is 0 Å². The molecule has 0 aliphatic heterocycles. The van der Waals surface area contributed by atoms with Crippen LogP contribution in [0.3, 0.4) is 0 Å². The zero-order chi connectivity index (χ0) is 7.56. The standard InChI is InChI=1S/C6H3FN2O/c7-6-1-5(10)4(2-8)3-9-6/h1,3H,(H,9,10). The second-order valence-corrected chi connectivity index (χ2v) is 1.67. The van der Waals surface area contributed by atoms with E-state index in [0.717, 1.165) is 12.3 Å². The number of hydrogen-bond donors (Lipinski definition) is 1. The van der Waals surface area contributed by atoms with Crippen molar-refractivity contribution in [2.45, 2.75) is 0 Å². The Bertz CT molecular complexity index is 336. The van der Waals surface area contributed by atoms with Crippen LogP contribution in [0.2, 0.25) is 0 Å². The van der Waals surface area contributed by atoms with Crippen molar-refractivity contribution in [3.05, 3.63) is 34.0 Å². The molecule has 0 unspecified atom stereocenters. The Hall–Kier alpha value is -1.63. The van der Waals surface area contributed by atoms with E-state index < -0.39 is 11.4 Å². The van der Waals surface area contributed by atoms with E-state index in [1.165, 1.54) is 0 Å². The molecule has 0 saturated carbocycles. The van der Waals surface area contributed by atoms with Crippen molar-refractivity contribution in [1.29, 1.82) is 5.26 Å². The first-order chi connectivity index (χ1) is 4.74. The van der Waals surface area contributed by atoms with Crippen molar-refractivity contribution in [2.75, 3.05) is 0 Å². The van der Waals surface area contributed by atoms with Gasteiger partial charge in [0, 0.05) is 12.3 Å². The van der Waals surface area contributed by atoms with E-state index in [9.17, 15) is 9.18 Å². The van der Waals surface area contributed by atoms with Gasteiger partial charge >= 0.3 is 0 Å². The van der Waals surface area contributed by atoms with Gasteiger partial charge in [0.2, 0.25) is 5.43 Å². The summed E-state index contributed by atoms with van der Waals surface area (Å²) in [5.41, 5.74) is -0.680. The molecule has 4 heteroatoms. The number of nitrogens with one attached hydrogen (secondary N) is 1. The summed E-state index contributed by atoms with van der Waals surface area (Å²) in [5, 5.41) is 8.22. The second-order valence-electron chi connectivity index (χ2n) is 1.67. The summed E-state index contributed by atoms with van der Waals surface area (Å²) in [4.78, 5) is 12.7. The van der Waals surface area contributed by atoms with E-state index in [1.807, 2.05) is 0 Å². The Labute approximate surface area is 55.7 Å². The van der Waals surface area contributed by atoms with Crippen LogP contribution < -0.4 is 5.43 Å². The molecule has 0 atom stereocenters. The van der Waals surface area contributed by atoms with Crippen molar-refractivity contribution >= 4 is 0 Å². The molecule has 0 aromatic carbocycles. The average Bonchev–Trinajstić information content (AvgIpc) is 1.88. The van der Waals surface area contributed by atoms with Gasteiger partial charge in [-0.3, -0.25) is 4.79 Å². The molecule has 1 aromatic rings. The molecule has 50 valence electrons. The number of rotatable bonds is 0. The average molecular weight is 138 g/mol. The molecule has 0 saturated heterocycles. The highest BCUT2D eigenvalue weighted by atomic mass is 19.1. The summed E-state index contributed by atoms with van der Waals surface area (Å²) in [6.45, 7) is 0. The fourth-order valence-corrected chi connectivity index (χ4v) is 0.534. The van der Waals surface area contributed by atoms with Crippen LogP contribution in [0.4, 0.5) is 4.39 Å². The fourth-order valence-electron chi connectivity index (χ4n) is 0.534. The van der Waals surface area contributed by atoms with Gasteiger partial charge in [0.15, 0.2) is 5.95 Å². The van der Waals surface area contributed by atoms with Gasteiger partial charge in [-0.1, -0.05) is 0 Å². The first-order valence-electron chi connectivity index (χ1n) is 2.52. The Kier molecular flexibility index (Phi) is 1.50. The highest BCUT2D eigenvalue weighted by Crippen LogP contribution is 1.87. The van der Waals surface area contributed by atoms with E-state index in [0.29, 0.717) is 0 Å². The lowest BCUT2D eigenvalue weighted by Crippen LogP contribution is -2.05. The predicted molar refractivity (Wildman–Crippen MR) is 31.7 cm³/mol. The molecule has 3 nitrogen and oxygen atoms in total. The highest BCUT2D eigenvalue weighted by molar-refractivity contribution is 5.24. The van der Waals surface area contributed by atoms with Crippen LogP contribution in [0.1, 0.15) is 5.56 Å². The van der Waals surface area contributed by atoms with Crippen molar-refractivity contribution < 1.29 is 4.39 Å². The first kappa shape index (κ1) is 6.49. The maximum absolute atomic E-state index is 12.1. The minimum atomic E-state index is -0.732. The van der Waals surface area contributed by atoms with Crippen LogP contribution in [0.15, 0.2) is 17.1 Å². The van der Waals surface area contributed by atoms with Gasteiger partial charge in [-0.05, 0) is 0 Å². The number of nitriles is 1. The summed E-state index contributed by atoms with van der Waals surface area (Å²) >= 11 is 0. The smallest absolute Gasteiger partial charge is 0.202 e. The van der Waals surface area contributed by atoms with E-state index in [2.05, 4.69) is 4.98 Å². The first-order valence-corrected chi connectivity index (χ1v) is 2.52. The minimum Gasteiger partial charge on any atom is -0.337 e. The van der Waals surface area contributed by atoms with E-state index >= 15 is 0 Å². The number of aromatic amines is 1. The third kappa shape index (κ3) is 1.03. The van der Waals surface area contributed by atoms with Gasteiger partial charge in [-0.2, -0.15) is 9.65 Å². The van der Waals surface area contributed by atoms with Gasteiger partial charge in [-0.25, -0.2) is 0 Å². The lowest BCUT2D eigenvalue weighted by atomic mass is 10.3. The SMILES string of the molecule is N#Cc1c[nH]c(F)cc1=O. The zero-order valence-electron chi connectivity index (χ0n) is 4.89. The summed E-state index contributed by atoms with van der Waals surface area (Å²) in [5.74, 6) is -0.732. The molecule has 0 spiro atoms. The topological polar surface area (TPSA) is 56.6 Å². The Morgan fingerprint density at radius 3 is 2.90 bits per heavy atom. The summed E-state index contributed by atoms with van der Waals surface area (Å²) in [7, 11) is 0. The number of H-pyrrole nitrogens is 1. The number of aromatic nitrogens is 1. The van der Waals surface area contributed by atoms with Gasteiger partial charge in [0.25, 0.3) is 0 Å². The van der Waals surface area contributed by atoms with Gasteiger partial charge in [0.05, 0.1) is 0 Å². The van der Waals surface area contributed by atoms with Crippen molar-refractivity contribution in [2.24, 2.45) is 0 Å². The van der Waals surface area contributed by atoms with E-state index in [-0.39, 0.29) is 5.56 Å². The Balaban J connectivity index is 3.38. The molecular weight excluding hydrogens is 135 g/mol. The lowest BCUT2D eigenvalue weighted by molar-refractivity contribution is 0.582. The molecule has 0 radical (unpaired) electrons. The summed E-state index contributed by atoms with van der Waals surface area (Å²) < 4.78 is 12.1. The third-order valence-corrected chi connectivity index (χ3v) is 0.998. The molecule has 0 amide bonds. The van der Waals surface area contributed by atoms with Crippen molar-refractivity contribution in [1.82, 2.24) is 4.98 Å². The minimum absolute atomic E-state index is 0.0820. The van der Waals surface area contributed by atoms with Gasteiger partial charge < -0.3 is 4.98 Å². The van der Waals surface area contributed by atoms with Crippen LogP contribution >= 0.6 is 0 Å². The van der Waals surface area contributed by atoms with Gasteiger partial charge in [-0.15, -0.1) is 0 Å². The van der Waals surface area contributed by atoms with Gasteiger partial charge in [0.1, 0.15) is 11.6 Å². The molecule has 1 heterocycles. The van der Waals surface area contributed by atoms with E-state index in [4.69, 9.17) is 5.26 Å². The molecular formula is C6H3FN2O.